The van der Waals surface area contributed by atoms with Crippen LogP contribution in [0.25, 0.3) is 21.9 Å². The van der Waals surface area contributed by atoms with Crippen molar-refractivity contribution in [2.75, 3.05) is 5.73 Å². The Morgan fingerprint density at radius 3 is 2.17 bits per heavy atom. The monoisotopic (exact) mass is 528 g/mol. The first-order valence-corrected chi connectivity index (χ1v) is 13.4. The molecule has 0 spiro atoms. The number of azo groups is 1. The highest BCUT2D eigenvalue weighted by Gasteiger charge is 2.22. The van der Waals surface area contributed by atoms with Crippen LogP contribution in [0.4, 0.5) is 15.7 Å². The maximum absolute atomic E-state index is 12.0. The molecule has 1 heterocycles. The van der Waals surface area contributed by atoms with Crippen LogP contribution < -0.4 is 5.73 Å². The second-order valence-corrected chi connectivity index (χ2v) is 11.3. The van der Waals surface area contributed by atoms with E-state index in [0.717, 1.165) is 29.0 Å². The smallest absolute Gasteiger partial charge is 0.295 e. The van der Waals surface area contributed by atoms with Crippen molar-refractivity contribution in [2.24, 2.45) is 10.2 Å². The van der Waals surface area contributed by atoms with Gasteiger partial charge in [0.25, 0.3) is 20.2 Å². The molecular weight excluding hydrogens is 512 g/mol. The molecule has 4 aromatic rings. The molecule has 1 aromatic heterocycles. The lowest BCUT2D eigenvalue weighted by atomic mass is 10.0. The van der Waals surface area contributed by atoms with E-state index in [9.17, 15) is 31.2 Å². The third-order valence-electron chi connectivity index (χ3n) is 5.08. The van der Waals surface area contributed by atoms with Crippen molar-refractivity contribution >= 4 is 58.0 Å². The summed E-state index contributed by atoms with van der Waals surface area (Å²) < 4.78 is 67.0. The fourth-order valence-corrected chi connectivity index (χ4v) is 5.80. The van der Waals surface area contributed by atoms with E-state index in [1.807, 2.05) is 25.1 Å². The number of hydrogen-bond donors (Lipinski definition) is 3. The number of thiophene rings is 1. The van der Waals surface area contributed by atoms with E-state index in [2.05, 4.69) is 10.2 Å². The van der Waals surface area contributed by atoms with Gasteiger partial charge in [-0.2, -0.15) is 22.1 Å². The molecule has 0 aliphatic heterocycles. The zero-order valence-electron chi connectivity index (χ0n) is 17.9. The summed E-state index contributed by atoms with van der Waals surface area (Å²) in [7, 11) is -9.52. The van der Waals surface area contributed by atoms with Crippen molar-refractivity contribution in [3.63, 3.8) is 0 Å². The Labute approximate surface area is 204 Å². The van der Waals surface area contributed by atoms with E-state index in [4.69, 9.17) is 5.73 Å². The lowest BCUT2D eigenvalue weighted by Crippen LogP contribution is -2.03. The second-order valence-electron chi connectivity index (χ2n) is 7.44. The zero-order valence-corrected chi connectivity index (χ0v) is 20.3. The summed E-state index contributed by atoms with van der Waals surface area (Å²) in [6.45, 7) is 1.91. The summed E-state index contributed by atoms with van der Waals surface area (Å²) in [4.78, 5) is -1.18. The standard InChI is InChI=1S/C22H16N4O6S3/c1-12-5-7-13(8-6-12)20-17(11-23)21(24)33-22(20)26-25-14-9-16-15(19(10-14)35(30,31)32)3-2-4-18(16)34(27,28)29/h2-10H,24H2,1H3,(H,27,28,29)(H,30,31,32). The Balaban J connectivity index is 1.94. The Morgan fingerprint density at radius 1 is 0.914 bits per heavy atom. The molecule has 0 fully saturated rings. The molecule has 0 aliphatic rings. The summed E-state index contributed by atoms with van der Waals surface area (Å²) in [5.74, 6) is 0. The van der Waals surface area contributed by atoms with Crippen LogP contribution in [-0.2, 0) is 20.2 Å². The minimum absolute atomic E-state index is 0.124. The van der Waals surface area contributed by atoms with Crippen LogP contribution in [-0.4, -0.2) is 25.9 Å². The molecule has 0 saturated carbocycles. The summed E-state index contributed by atoms with van der Waals surface area (Å²) in [5.41, 5.74) is 8.19. The van der Waals surface area contributed by atoms with E-state index in [0.29, 0.717) is 11.1 Å². The van der Waals surface area contributed by atoms with E-state index in [-0.39, 0.29) is 32.0 Å². The number of aryl methyl sites for hydroxylation is 1. The van der Waals surface area contributed by atoms with Crippen molar-refractivity contribution in [1.29, 1.82) is 5.26 Å². The number of anilines is 1. The highest BCUT2D eigenvalue weighted by molar-refractivity contribution is 7.86. The van der Waals surface area contributed by atoms with E-state index in [1.54, 1.807) is 12.1 Å². The van der Waals surface area contributed by atoms with Gasteiger partial charge in [-0.05, 0) is 30.7 Å². The van der Waals surface area contributed by atoms with Crippen molar-refractivity contribution in [2.45, 2.75) is 16.7 Å². The lowest BCUT2D eigenvalue weighted by molar-refractivity contribution is 0.481. The second kappa shape index (κ2) is 8.84. The fraction of sp³-hybridized carbons (Fsp3) is 0.0455. The molecule has 0 aliphatic carbocycles. The summed E-state index contributed by atoms with van der Waals surface area (Å²) in [6.07, 6.45) is 0. The maximum atomic E-state index is 12.0. The molecule has 0 radical (unpaired) electrons. The molecule has 10 nitrogen and oxygen atoms in total. The molecule has 4 rings (SSSR count). The Kier molecular flexibility index (Phi) is 6.18. The minimum Gasteiger partial charge on any atom is -0.389 e. The van der Waals surface area contributed by atoms with Gasteiger partial charge in [0.1, 0.15) is 25.9 Å². The summed E-state index contributed by atoms with van der Waals surface area (Å²) in [5, 5.41) is 17.9. The van der Waals surface area contributed by atoms with Gasteiger partial charge in [0.15, 0.2) is 0 Å². The first-order valence-electron chi connectivity index (χ1n) is 9.73. The van der Waals surface area contributed by atoms with Gasteiger partial charge in [-0.1, -0.05) is 53.3 Å². The van der Waals surface area contributed by atoms with Crippen molar-refractivity contribution in [3.8, 4) is 17.2 Å². The van der Waals surface area contributed by atoms with Gasteiger partial charge in [-0.25, -0.2) is 0 Å². The molecule has 0 atom stereocenters. The average molecular weight is 529 g/mol. The SMILES string of the molecule is Cc1ccc(-c2c(N=Nc3cc(S(=O)(=O)O)c4cccc(S(=O)(=O)O)c4c3)sc(N)c2C#N)cc1. The third kappa shape index (κ3) is 4.78. The van der Waals surface area contributed by atoms with Gasteiger partial charge in [-0.3, -0.25) is 9.11 Å². The number of fused-ring (bicyclic) bond motifs is 1. The highest BCUT2D eigenvalue weighted by Crippen LogP contribution is 2.45. The molecule has 0 amide bonds. The Morgan fingerprint density at radius 2 is 1.57 bits per heavy atom. The topological polar surface area (TPSA) is 183 Å². The van der Waals surface area contributed by atoms with Gasteiger partial charge >= 0.3 is 0 Å². The van der Waals surface area contributed by atoms with Crippen molar-refractivity contribution in [1.82, 2.24) is 0 Å². The van der Waals surface area contributed by atoms with E-state index >= 15 is 0 Å². The number of nitrogen functional groups attached to an aromatic ring is 1. The maximum Gasteiger partial charge on any atom is 0.295 e. The Bertz CT molecular complexity index is 1770. The molecular formula is C22H16N4O6S3. The van der Waals surface area contributed by atoms with Gasteiger partial charge in [0.05, 0.1) is 11.3 Å². The normalized spacial score (nSPS) is 12.3. The van der Waals surface area contributed by atoms with Crippen LogP contribution in [0.5, 0.6) is 0 Å². The van der Waals surface area contributed by atoms with E-state index in [1.165, 1.54) is 18.2 Å². The van der Waals surface area contributed by atoms with Gasteiger partial charge < -0.3 is 5.73 Å². The van der Waals surface area contributed by atoms with Gasteiger partial charge in [-0.15, -0.1) is 10.2 Å². The molecule has 0 bridgehead atoms. The van der Waals surface area contributed by atoms with Crippen LogP contribution in [0, 0.1) is 18.3 Å². The quantitative estimate of drug-likeness (QED) is 0.232. The van der Waals surface area contributed by atoms with Crippen molar-refractivity contribution in [3.05, 3.63) is 65.7 Å². The first-order chi connectivity index (χ1) is 16.4. The van der Waals surface area contributed by atoms with Crippen LogP contribution in [0.3, 0.4) is 0 Å². The number of benzene rings is 3. The molecule has 0 unspecified atom stereocenters. The molecule has 13 heteroatoms. The van der Waals surface area contributed by atoms with Crippen LogP contribution in [0.15, 0.2) is 74.6 Å². The zero-order chi connectivity index (χ0) is 25.5. The molecule has 3 aromatic carbocycles. The number of hydrogen-bond acceptors (Lipinski definition) is 9. The van der Waals surface area contributed by atoms with Crippen LogP contribution in [0.2, 0.25) is 0 Å². The summed E-state index contributed by atoms with van der Waals surface area (Å²) >= 11 is 0.996. The minimum atomic E-state index is -4.80. The van der Waals surface area contributed by atoms with Crippen LogP contribution in [0.1, 0.15) is 11.1 Å². The number of nitrogens with zero attached hydrogens (tertiary/aromatic N) is 3. The Hall–Kier alpha value is -3.67. The average Bonchev–Trinajstić information content (AvgIpc) is 3.11. The number of nitriles is 1. The fourth-order valence-electron chi connectivity index (χ4n) is 3.51. The number of rotatable bonds is 5. The van der Waals surface area contributed by atoms with Gasteiger partial charge in [0, 0.05) is 16.3 Å². The molecule has 0 saturated heterocycles. The summed E-state index contributed by atoms with van der Waals surface area (Å²) in [6, 6.07) is 15.2. The van der Waals surface area contributed by atoms with Crippen molar-refractivity contribution < 1.29 is 25.9 Å². The largest absolute Gasteiger partial charge is 0.389 e. The van der Waals surface area contributed by atoms with Gasteiger partial charge in [0.2, 0.25) is 0 Å². The first kappa shape index (κ1) is 24.5. The molecule has 178 valence electrons. The van der Waals surface area contributed by atoms with Crippen LogP contribution >= 0.6 is 11.3 Å². The van der Waals surface area contributed by atoms with E-state index < -0.39 is 30.0 Å². The highest BCUT2D eigenvalue weighted by atomic mass is 32.2. The molecule has 35 heavy (non-hydrogen) atoms. The third-order valence-corrected chi connectivity index (χ3v) is 7.79. The lowest BCUT2D eigenvalue weighted by Gasteiger charge is -2.08. The number of nitrogens with two attached hydrogens (primary N) is 1. The molecule has 4 N–H and O–H groups in total. The predicted molar refractivity (Wildman–Crippen MR) is 131 cm³/mol. The predicted octanol–water partition coefficient (Wildman–Crippen LogP) is 5.24.